The lowest BCUT2D eigenvalue weighted by Gasteiger charge is -2.04. The highest BCUT2D eigenvalue weighted by Gasteiger charge is 2.09. The van der Waals surface area contributed by atoms with Crippen LogP contribution in [0, 0.1) is 0 Å². The van der Waals surface area contributed by atoms with E-state index in [1.807, 2.05) is 30.3 Å². The van der Waals surface area contributed by atoms with Gasteiger partial charge in [-0.3, -0.25) is 9.78 Å². The van der Waals surface area contributed by atoms with E-state index in [0.29, 0.717) is 11.3 Å². The van der Waals surface area contributed by atoms with Crippen LogP contribution >= 0.6 is 0 Å². The van der Waals surface area contributed by atoms with Gasteiger partial charge in [0.1, 0.15) is 0 Å². The number of nitrogen functional groups attached to an aromatic ring is 1. The average molecular weight is 306 g/mol. The Morgan fingerprint density at radius 1 is 1.04 bits per heavy atom. The van der Waals surface area contributed by atoms with Crippen LogP contribution in [-0.2, 0) is 0 Å². The van der Waals surface area contributed by atoms with Gasteiger partial charge in [0, 0.05) is 11.3 Å². The second kappa shape index (κ2) is 6.52. The molecule has 0 aliphatic carbocycles. The van der Waals surface area contributed by atoms with Crippen LogP contribution in [0.3, 0.4) is 0 Å². The molecule has 0 atom stereocenters. The van der Waals surface area contributed by atoms with Gasteiger partial charge in [-0.1, -0.05) is 48.5 Å². The molecule has 0 aliphatic rings. The molecule has 3 rings (SSSR count). The Bertz CT molecular complexity index is 888. The van der Waals surface area contributed by atoms with Crippen molar-refractivity contribution in [1.82, 2.24) is 15.2 Å². The Labute approximate surface area is 131 Å². The number of benzene rings is 2. The number of hydrogen-bond acceptors (Lipinski definition) is 6. The maximum Gasteiger partial charge on any atom is 0.279 e. The van der Waals surface area contributed by atoms with Crippen molar-refractivity contribution >= 4 is 17.9 Å². The molecular formula is C16H14N6O. The van der Waals surface area contributed by atoms with Crippen LogP contribution in [0.5, 0.6) is 0 Å². The van der Waals surface area contributed by atoms with E-state index in [1.165, 1.54) is 0 Å². The van der Waals surface area contributed by atoms with E-state index in [0.717, 1.165) is 5.56 Å². The first kappa shape index (κ1) is 14.5. The van der Waals surface area contributed by atoms with Crippen LogP contribution in [0.2, 0.25) is 0 Å². The van der Waals surface area contributed by atoms with Gasteiger partial charge in [0.25, 0.3) is 5.56 Å². The third-order valence-corrected chi connectivity index (χ3v) is 3.10. The molecule has 7 nitrogen and oxygen atoms in total. The molecule has 2 aromatic carbocycles. The minimum absolute atomic E-state index is 0.153. The van der Waals surface area contributed by atoms with Gasteiger partial charge >= 0.3 is 0 Å². The first-order chi connectivity index (χ1) is 11.2. The Morgan fingerprint density at radius 2 is 1.78 bits per heavy atom. The molecule has 7 heteroatoms. The summed E-state index contributed by atoms with van der Waals surface area (Å²) in [5, 5.41) is 11.8. The maximum atomic E-state index is 12.1. The van der Waals surface area contributed by atoms with Crippen molar-refractivity contribution in [2.75, 3.05) is 11.2 Å². The van der Waals surface area contributed by atoms with Crippen molar-refractivity contribution < 1.29 is 0 Å². The molecule has 114 valence electrons. The highest BCUT2D eigenvalue weighted by atomic mass is 16.1. The Hall–Kier alpha value is -3.48. The number of aromatic nitrogens is 3. The number of rotatable bonds is 4. The van der Waals surface area contributed by atoms with Crippen LogP contribution in [0.25, 0.3) is 11.3 Å². The van der Waals surface area contributed by atoms with Crippen molar-refractivity contribution in [3.05, 3.63) is 70.5 Å². The summed E-state index contributed by atoms with van der Waals surface area (Å²) in [6.07, 6.45) is 1.61. The van der Waals surface area contributed by atoms with E-state index >= 15 is 0 Å². The lowest BCUT2D eigenvalue weighted by Crippen LogP contribution is -2.16. The fraction of sp³-hybridized carbons (Fsp3) is 0. The predicted molar refractivity (Wildman–Crippen MR) is 90.2 cm³/mol. The lowest BCUT2D eigenvalue weighted by molar-refractivity contribution is 0.947. The van der Waals surface area contributed by atoms with Gasteiger partial charge in [-0.05, 0) is 11.6 Å². The van der Waals surface area contributed by atoms with Gasteiger partial charge < -0.3 is 5.73 Å². The molecule has 3 aromatic rings. The molecule has 0 saturated carbocycles. The monoisotopic (exact) mass is 306 g/mol. The van der Waals surface area contributed by atoms with Crippen molar-refractivity contribution in [3.8, 4) is 11.3 Å². The third-order valence-electron chi connectivity index (χ3n) is 3.10. The zero-order chi connectivity index (χ0) is 16.1. The molecule has 0 fully saturated rings. The van der Waals surface area contributed by atoms with E-state index in [9.17, 15) is 4.79 Å². The fourth-order valence-electron chi connectivity index (χ4n) is 1.98. The van der Waals surface area contributed by atoms with Crippen molar-refractivity contribution in [2.45, 2.75) is 0 Å². The molecule has 1 heterocycles. The van der Waals surface area contributed by atoms with Crippen LogP contribution in [-0.4, -0.2) is 21.4 Å². The predicted octanol–water partition coefficient (Wildman–Crippen LogP) is 1.86. The van der Waals surface area contributed by atoms with Crippen LogP contribution < -0.4 is 16.7 Å². The quantitative estimate of drug-likeness (QED) is 0.387. The number of nitrogens with two attached hydrogens (primary N) is 1. The molecule has 1 aromatic heterocycles. The largest absolute Gasteiger partial charge is 0.398 e. The van der Waals surface area contributed by atoms with E-state index < -0.39 is 5.56 Å². The van der Waals surface area contributed by atoms with E-state index in [1.54, 1.807) is 30.5 Å². The second-order valence-corrected chi connectivity index (χ2v) is 4.72. The number of anilines is 2. The lowest BCUT2D eigenvalue weighted by atomic mass is 10.1. The van der Waals surface area contributed by atoms with Crippen LogP contribution in [0.1, 0.15) is 5.56 Å². The standard InChI is InChI=1S/C16H14N6O/c17-13-9-5-4-8-12(13)14-15(23)19-16(22-20-14)21-18-10-11-6-2-1-3-7-11/h1-10H,17H2,(H2,19,21,22,23). The Balaban J connectivity index is 1.79. The minimum atomic E-state index is -0.393. The summed E-state index contributed by atoms with van der Waals surface area (Å²) in [5.74, 6) is 0.153. The zero-order valence-electron chi connectivity index (χ0n) is 12.1. The summed E-state index contributed by atoms with van der Waals surface area (Å²) in [7, 11) is 0. The molecule has 0 amide bonds. The number of hydrazone groups is 1. The number of aromatic amines is 1. The minimum Gasteiger partial charge on any atom is -0.398 e. The van der Waals surface area contributed by atoms with E-state index in [-0.39, 0.29) is 11.6 Å². The number of para-hydroxylation sites is 1. The van der Waals surface area contributed by atoms with Crippen LogP contribution in [0.4, 0.5) is 11.6 Å². The van der Waals surface area contributed by atoms with Gasteiger partial charge in [-0.2, -0.15) is 5.10 Å². The van der Waals surface area contributed by atoms with Gasteiger partial charge in [-0.15, -0.1) is 10.2 Å². The number of nitrogens with one attached hydrogen (secondary N) is 2. The molecule has 23 heavy (non-hydrogen) atoms. The van der Waals surface area contributed by atoms with Crippen molar-refractivity contribution in [1.29, 1.82) is 0 Å². The van der Waals surface area contributed by atoms with Gasteiger partial charge in [-0.25, -0.2) is 5.43 Å². The smallest absolute Gasteiger partial charge is 0.279 e. The highest BCUT2D eigenvalue weighted by molar-refractivity contribution is 5.79. The molecule has 0 spiro atoms. The van der Waals surface area contributed by atoms with Gasteiger partial charge in [0.15, 0.2) is 5.69 Å². The summed E-state index contributed by atoms with van der Waals surface area (Å²) in [6.45, 7) is 0. The first-order valence-corrected chi connectivity index (χ1v) is 6.90. The van der Waals surface area contributed by atoms with Crippen molar-refractivity contribution in [3.63, 3.8) is 0 Å². The second-order valence-electron chi connectivity index (χ2n) is 4.72. The fourth-order valence-corrected chi connectivity index (χ4v) is 1.98. The molecule has 0 unspecified atom stereocenters. The summed E-state index contributed by atoms with van der Waals surface area (Å²) < 4.78 is 0. The molecule has 4 N–H and O–H groups in total. The number of nitrogens with zero attached hydrogens (tertiary/aromatic N) is 3. The van der Waals surface area contributed by atoms with Crippen molar-refractivity contribution in [2.24, 2.45) is 5.10 Å². The molecule has 0 aliphatic heterocycles. The summed E-state index contributed by atoms with van der Waals surface area (Å²) in [4.78, 5) is 14.7. The summed E-state index contributed by atoms with van der Waals surface area (Å²) in [6, 6.07) is 16.5. The highest BCUT2D eigenvalue weighted by Crippen LogP contribution is 2.19. The molecule has 0 radical (unpaired) electrons. The van der Waals surface area contributed by atoms with E-state index in [4.69, 9.17) is 5.73 Å². The maximum absolute atomic E-state index is 12.1. The topological polar surface area (TPSA) is 109 Å². The SMILES string of the molecule is Nc1ccccc1-c1nnc(NN=Cc2ccccc2)[nH]c1=O. The third kappa shape index (κ3) is 3.41. The van der Waals surface area contributed by atoms with Gasteiger partial charge in [0.2, 0.25) is 5.95 Å². The van der Waals surface area contributed by atoms with Crippen LogP contribution in [0.15, 0.2) is 64.5 Å². The first-order valence-electron chi connectivity index (χ1n) is 6.90. The Morgan fingerprint density at radius 3 is 2.52 bits per heavy atom. The normalized spacial score (nSPS) is 10.8. The summed E-state index contributed by atoms with van der Waals surface area (Å²) >= 11 is 0. The van der Waals surface area contributed by atoms with E-state index in [2.05, 4.69) is 25.7 Å². The summed E-state index contributed by atoms with van der Waals surface area (Å²) in [5.41, 5.74) is 10.2. The molecule has 0 bridgehead atoms. The zero-order valence-corrected chi connectivity index (χ0v) is 12.1. The number of hydrogen-bond donors (Lipinski definition) is 3. The molecule has 0 saturated heterocycles. The number of H-pyrrole nitrogens is 1. The molecular weight excluding hydrogens is 292 g/mol. The Kier molecular flexibility index (Phi) is 4.10. The average Bonchev–Trinajstić information content (AvgIpc) is 2.57. The van der Waals surface area contributed by atoms with Gasteiger partial charge in [0.05, 0.1) is 6.21 Å².